The average molecular weight is 376 g/mol. The van der Waals surface area contributed by atoms with Crippen molar-refractivity contribution in [3.05, 3.63) is 57.6 Å². The zero-order chi connectivity index (χ0) is 16.8. The number of hydrogen-bond donors (Lipinski definition) is 3. The third kappa shape index (κ3) is 5.10. The monoisotopic (exact) mass is 375 g/mol. The third-order valence-corrected chi connectivity index (χ3v) is 3.65. The molecule has 0 aromatic heterocycles. The van der Waals surface area contributed by atoms with Crippen LogP contribution >= 0.6 is 15.9 Å². The lowest BCUT2D eigenvalue weighted by Crippen LogP contribution is -2.25. The van der Waals surface area contributed by atoms with Gasteiger partial charge in [0.05, 0.1) is 12.8 Å². The molecular weight excluding hydrogens is 358 g/mol. The first-order chi connectivity index (χ1) is 11.0. The van der Waals surface area contributed by atoms with Gasteiger partial charge < -0.3 is 10.4 Å². The van der Waals surface area contributed by atoms with E-state index in [4.69, 9.17) is 0 Å². The SMILES string of the molecule is Cc1ccc(NCC(=O)N/N=C/c2cc(Br)cc(C)c2O)cc1. The van der Waals surface area contributed by atoms with Crippen molar-refractivity contribution in [2.45, 2.75) is 13.8 Å². The number of nitrogens with zero attached hydrogens (tertiary/aromatic N) is 1. The lowest BCUT2D eigenvalue weighted by atomic mass is 10.1. The average Bonchev–Trinajstić information content (AvgIpc) is 2.51. The Morgan fingerprint density at radius 3 is 2.65 bits per heavy atom. The van der Waals surface area contributed by atoms with Crippen molar-refractivity contribution in [3.8, 4) is 5.75 Å². The van der Waals surface area contributed by atoms with Crippen LogP contribution in [0.2, 0.25) is 0 Å². The normalized spacial score (nSPS) is 10.7. The predicted octanol–water partition coefficient (Wildman–Crippen LogP) is 3.33. The molecule has 0 spiro atoms. The number of halogens is 1. The van der Waals surface area contributed by atoms with Gasteiger partial charge >= 0.3 is 0 Å². The molecule has 0 heterocycles. The summed E-state index contributed by atoms with van der Waals surface area (Å²) in [5.74, 6) is -0.128. The second kappa shape index (κ2) is 7.78. The van der Waals surface area contributed by atoms with Crippen LogP contribution in [-0.4, -0.2) is 23.8 Å². The van der Waals surface area contributed by atoms with Gasteiger partial charge in [-0.1, -0.05) is 33.6 Å². The molecule has 2 rings (SSSR count). The van der Waals surface area contributed by atoms with Crippen LogP contribution in [0.1, 0.15) is 16.7 Å². The van der Waals surface area contributed by atoms with Crippen LogP contribution < -0.4 is 10.7 Å². The molecule has 0 unspecified atom stereocenters. The molecule has 2 aromatic carbocycles. The first-order valence-electron chi connectivity index (χ1n) is 7.07. The molecule has 1 amide bonds. The Morgan fingerprint density at radius 1 is 1.26 bits per heavy atom. The maximum absolute atomic E-state index is 11.7. The van der Waals surface area contributed by atoms with Gasteiger partial charge in [0.15, 0.2) is 0 Å². The van der Waals surface area contributed by atoms with E-state index in [1.54, 1.807) is 19.1 Å². The summed E-state index contributed by atoms with van der Waals surface area (Å²) in [6.45, 7) is 3.91. The van der Waals surface area contributed by atoms with Crippen molar-refractivity contribution in [3.63, 3.8) is 0 Å². The number of hydrazone groups is 1. The highest BCUT2D eigenvalue weighted by Crippen LogP contribution is 2.25. The Kier molecular flexibility index (Phi) is 5.76. The molecule has 0 aliphatic heterocycles. The zero-order valence-corrected chi connectivity index (χ0v) is 14.5. The molecule has 0 fully saturated rings. The van der Waals surface area contributed by atoms with E-state index in [0.717, 1.165) is 21.3 Å². The number of carbonyl (C=O) groups is 1. The molecule has 0 saturated carbocycles. The molecule has 0 atom stereocenters. The maximum Gasteiger partial charge on any atom is 0.259 e. The Labute approximate surface area is 143 Å². The maximum atomic E-state index is 11.7. The van der Waals surface area contributed by atoms with Crippen LogP contribution in [-0.2, 0) is 4.79 Å². The fraction of sp³-hybridized carbons (Fsp3) is 0.176. The molecule has 2 aromatic rings. The van der Waals surface area contributed by atoms with E-state index in [1.165, 1.54) is 6.21 Å². The fourth-order valence-electron chi connectivity index (χ4n) is 1.93. The van der Waals surface area contributed by atoms with Crippen molar-refractivity contribution in [1.29, 1.82) is 0 Å². The highest BCUT2D eigenvalue weighted by molar-refractivity contribution is 9.10. The number of hydrogen-bond acceptors (Lipinski definition) is 4. The van der Waals surface area contributed by atoms with E-state index in [-0.39, 0.29) is 18.2 Å². The lowest BCUT2D eigenvalue weighted by molar-refractivity contribution is -0.119. The minimum Gasteiger partial charge on any atom is -0.507 e. The zero-order valence-electron chi connectivity index (χ0n) is 12.9. The van der Waals surface area contributed by atoms with Crippen LogP contribution in [0.25, 0.3) is 0 Å². The van der Waals surface area contributed by atoms with Gasteiger partial charge in [0.2, 0.25) is 0 Å². The summed E-state index contributed by atoms with van der Waals surface area (Å²) in [5.41, 5.74) is 5.71. The Bertz CT molecular complexity index is 727. The molecule has 6 heteroatoms. The molecule has 5 nitrogen and oxygen atoms in total. The van der Waals surface area contributed by atoms with Gasteiger partial charge in [0.25, 0.3) is 5.91 Å². The fourth-order valence-corrected chi connectivity index (χ4v) is 2.52. The number of nitrogens with one attached hydrogen (secondary N) is 2. The van der Waals surface area contributed by atoms with Crippen LogP contribution in [0.5, 0.6) is 5.75 Å². The Balaban J connectivity index is 1.88. The number of carbonyl (C=O) groups excluding carboxylic acids is 1. The quantitative estimate of drug-likeness (QED) is 0.554. The van der Waals surface area contributed by atoms with Crippen LogP contribution in [0.15, 0.2) is 46.0 Å². The van der Waals surface area contributed by atoms with Crippen molar-refractivity contribution in [2.75, 3.05) is 11.9 Å². The molecule has 0 bridgehead atoms. The van der Waals surface area contributed by atoms with E-state index in [0.29, 0.717) is 5.56 Å². The molecule has 23 heavy (non-hydrogen) atoms. The molecule has 0 aliphatic rings. The lowest BCUT2D eigenvalue weighted by Gasteiger charge is -2.06. The summed E-state index contributed by atoms with van der Waals surface area (Å²) in [5, 5.41) is 16.8. The standard InChI is InChI=1S/C17H18BrN3O2/c1-11-3-5-15(6-4-11)19-10-16(22)21-20-9-13-8-14(18)7-12(2)17(13)23/h3-9,19,23H,10H2,1-2H3,(H,21,22)/b20-9+. The highest BCUT2D eigenvalue weighted by atomic mass is 79.9. The van der Waals surface area contributed by atoms with Crippen molar-refractivity contribution in [2.24, 2.45) is 5.10 Å². The van der Waals surface area contributed by atoms with E-state index in [9.17, 15) is 9.90 Å². The Morgan fingerprint density at radius 2 is 1.96 bits per heavy atom. The van der Waals surface area contributed by atoms with Gasteiger partial charge in [-0.05, 0) is 43.7 Å². The molecule has 0 aliphatic carbocycles. The number of anilines is 1. The van der Waals surface area contributed by atoms with Gasteiger partial charge in [-0.25, -0.2) is 5.43 Å². The molecule has 3 N–H and O–H groups in total. The third-order valence-electron chi connectivity index (χ3n) is 3.19. The number of aryl methyl sites for hydroxylation is 2. The van der Waals surface area contributed by atoms with Crippen molar-refractivity contribution in [1.82, 2.24) is 5.43 Å². The summed E-state index contributed by atoms with van der Waals surface area (Å²) < 4.78 is 0.835. The minimum absolute atomic E-state index is 0.115. The topological polar surface area (TPSA) is 73.7 Å². The van der Waals surface area contributed by atoms with E-state index in [1.807, 2.05) is 31.2 Å². The van der Waals surface area contributed by atoms with Gasteiger partial charge in [0, 0.05) is 15.7 Å². The first kappa shape index (κ1) is 17.0. The summed E-state index contributed by atoms with van der Waals surface area (Å²) in [6.07, 6.45) is 1.41. The number of phenols is 1. The second-order valence-corrected chi connectivity index (χ2v) is 6.09. The number of aromatic hydroxyl groups is 1. The largest absolute Gasteiger partial charge is 0.507 e. The van der Waals surface area contributed by atoms with Crippen molar-refractivity contribution < 1.29 is 9.90 Å². The van der Waals surface area contributed by atoms with Crippen molar-refractivity contribution >= 4 is 33.7 Å². The molecule has 0 radical (unpaired) electrons. The van der Waals surface area contributed by atoms with Crippen LogP contribution in [0, 0.1) is 13.8 Å². The van der Waals surface area contributed by atoms with Gasteiger partial charge in [0.1, 0.15) is 5.75 Å². The highest BCUT2D eigenvalue weighted by Gasteiger charge is 2.04. The number of amides is 1. The summed E-state index contributed by atoms with van der Waals surface area (Å²) in [4.78, 5) is 11.7. The summed E-state index contributed by atoms with van der Waals surface area (Å²) in [7, 11) is 0. The Hall–Kier alpha value is -2.34. The van der Waals surface area contributed by atoms with Gasteiger partial charge in [-0.2, -0.15) is 5.10 Å². The van der Waals surface area contributed by atoms with Gasteiger partial charge in [-0.15, -0.1) is 0 Å². The van der Waals surface area contributed by atoms with E-state index in [2.05, 4.69) is 31.8 Å². The van der Waals surface area contributed by atoms with Crippen LogP contribution in [0.4, 0.5) is 5.69 Å². The summed E-state index contributed by atoms with van der Waals surface area (Å²) in [6, 6.07) is 11.3. The van der Waals surface area contributed by atoms with E-state index < -0.39 is 0 Å². The van der Waals surface area contributed by atoms with E-state index >= 15 is 0 Å². The molecule has 120 valence electrons. The van der Waals surface area contributed by atoms with Gasteiger partial charge in [-0.3, -0.25) is 4.79 Å². The predicted molar refractivity (Wildman–Crippen MR) is 95.9 cm³/mol. The summed E-state index contributed by atoms with van der Waals surface area (Å²) >= 11 is 3.35. The number of benzene rings is 2. The minimum atomic E-state index is -0.270. The second-order valence-electron chi connectivity index (χ2n) is 5.17. The smallest absolute Gasteiger partial charge is 0.259 e. The number of rotatable bonds is 5. The first-order valence-corrected chi connectivity index (χ1v) is 7.86. The number of phenolic OH excluding ortho intramolecular Hbond substituents is 1. The molecule has 0 saturated heterocycles. The molecular formula is C17H18BrN3O2. The van der Waals surface area contributed by atoms with Crippen LogP contribution in [0.3, 0.4) is 0 Å².